The minimum atomic E-state index is 0. The molecule has 0 unspecified atom stereocenters. The first-order chi connectivity index (χ1) is 13.6. The zero-order valence-electron chi connectivity index (χ0n) is 17.2. The van der Waals surface area contributed by atoms with E-state index in [1.165, 1.54) is 0 Å². The fourth-order valence-corrected chi connectivity index (χ4v) is 2.77. The highest BCUT2D eigenvalue weighted by Gasteiger charge is 2.14. The maximum atomic E-state index is 6.02. The van der Waals surface area contributed by atoms with E-state index in [4.69, 9.17) is 30.5 Å². The van der Waals surface area contributed by atoms with Crippen LogP contribution < -0.4 is 29.6 Å². The Balaban J connectivity index is 0.00000420. The summed E-state index contributed by atoms with van der Waals surface area (Å²) in [5.41, 5.74) is 1.67. The maximum absolute atomic E-state index is 6.02. The van der Waals surface area contributed by atoms with Crippen LogP contribution in [0.15, 0.2) is 35.3 Å². The van der Waals surface area contributed by atoms with Crippen molar-refractivity contribution in [3.8, 4) is 23.0 Å². The fraction of sp³-hybridized carbons (Fsp3) is 0.350. The van der Waals surface area contributed by atoms with Gasteiger partial charge in [-0.05, 0) is 19.1 Å². The smallest absolute Gasteiger partial charge is 0.203 e. The molecule has 160 valence electrons. The lowest BCUT2D eigenvalue weighted by Crippen LogP contribution is -2.30. The van der Waals surface area contributed by atoms with E-state index >= 15 is 0 Å². The number of aliphatic imine (C=N–C) groups is 1. The van der Waals surface area contributed by atoms with E-state index in [2.05, 4.69) is 15.6 Å². The van der Waals surface area contributed by atoms with Gasteiger partial charge in [0.05, 0.1) is 35.0 Å². The van der Waals surface area contributed by atoms with Crippen molar-refractivity contribution < 1.29 is 18.9 Å². The van der Waals surface area contributed by atoms with Gasteiger partial charge in [0.15, 0.2) is 17.5 Å². The minimum absolute atomic E-state index is 0. The number of benzene rings is 2. The van der Waals surface area contributed by atoms with E-state index in [1.54, 1.807) is 34.5 Å². The molecular weight excluding hydrogens is 509 g/mol. The molecule has 0 amide bonds. The van der Waals surface area contributed by atoms with Crippen molar-refractivity contribution in [2.45, 2.75) is 13.5 Å². The zero-order valence-corrected chi connectivity index (χ0v) is 20.3. The molecule has 0 bridgehead atoms. The number of halogens is 2. The molecule has 0 saturated heterocycles. The summed E-state index contributed by atoms with van der Waals surface area (Å²) in [7, 11) is 6.33. The normalized spacial score (nSPS) is 10.6. The Morgan fingerprint density at radius 3 is 2.07 bits per heavy atom. The molecule has 0 spiro atoms. The van der Waals surface area contributed by atoms with Crippen molar-refractivity contribution >= 4 is 47.2 Å². The number of ether oxygens (including phenoxy) is 4. The number of methoxy groups -OCH3 is 4. The SMILES string of the molecule is CCNC(=NCc1ccc(Cl)cc1OC)Nc1cc(OC)c(OC)c(OC)c1.I. The Kier molecular flexibility index (Phi) is 10.7. The monoisotopic (exact) mass is 535 g/mol. The van der Waals surface area contributed by atoms with Crippen LogP contribution in [0.4, 0.5) is 5.69 Å². The van der Waals surface area contributed by atoms with E-state index in [0.29, 0.717) is 47.1 Å². The second-order valence-corrected chi connectivity index (χ2v) is 6.13. The first-order valence-corrected chi connectivity index (χ1v) is 9.11. The molecule has 0 heterocycles. The fourth-order valence-electron chi connectivity index (χ4n) is 2.61. The van der Waals surface area contributed by atoms with Gasteiger partial charge in [-0.25, -0.2) is 4.99 Å². The third-order valence-corrected chi connectivity index (χ3v) is 4.16. The Labute approximate surface area is 193 Å². The van der Waals surface area contributed by atoms with Gasteiger partial charge in [-0.1, -0.05) is 17.7 Å². The summed E-state index contributed by atoms with van der Waals surface area (Å²) >= 11 is 6.02. The third kappa shape index (κ3) is 6.74. The van der Waals surface area contributed by atoms with Gasteiger partial charge < -0.3 is 29.6 Å². The molecule has 0 aliphatic rings. The first kappa shape index (κ1) is 25.0. The number of rotatable bonds is 8. The van der Waals surface area contributed by atoms with Crippen LogP contribution in [0.25, 0.3) is 0 Å². The van der Waals surface area contributed by atoms with Gasteiger partial charge in [-0.15, -0.1) is 24.0 Å². The van der Waals surface area contributed by atoms with Crippen LogP contribution in [-0.2, 0) is 6.54 Å². The van der Waals surface area contributed by atoms with Crippen LogP contribution in [0.2, 0.25) is 5.02 Å². The first-order valence-electron chi connectivity index (χ1n) is 8.74. The van der Waals surface area contributed by atoms with Gasteiger partial charge in [-0.2, -0.15) is 0 Å². The summed E-state index contributed by atoms with van der Waals surface area (Å²) in [6, 6.07) is 9.11. The molecule has 2 aromatic rings. The summed E-state index contributed by atoms with van der Waals surface area (Å²) in [5, 5.41) is 7.09. The van der Waals surface area contributed by atoms with Crippen molar-refractivity contribution in [2.24, 2.45) is 4.99 Å². The van der Waals surface area contributed by atoms with Crippen LogP contribution in [0.5, 0.6) is 23.0 Å². The number of hydrogen-bond acceptors (Lipinski definition) is 5. The lowest BCUT2D eigenvalue weighted by Gasteiger charge is -2.16. The Morgan fingerprint density at radius 2 is 1.55 bits per heavy atom. The second kappa shape index (κ2) is 12.5. The molecule has 0 fully saturated rings. The summed E-state index contributed by atoms with van der Waals surface area (Å²) < 4.78 is 21.5. The predicted octanol–water partition coefficient (Wildman–Crippen LogP) is 4.57. The maximum Gasteiger partial charge on any atom is 0.203 e. The molecule has 29 heavy (non-hydrogen) atoms. The average molecular weight is 536 g/mol. The second-order valence-electron chi connectivity index (χ2n) is 5.69. The van der Waals surface area contributed by atoms with E-state index in [0.717, 1.165) is 11.3 Å². The van der Waals surface area contributed by atoms with Crippen LogP contribution in [0.3, 0.4) is 0 Å². The van der Waals surface area contributed by atoms with Crippen molar-refractivity contribution in [1.29, 1.82) is 0 Å². The van der Waals surface area contributed by atoms with Gasteiger partial charge in [0.1, 0.15) is 5.75 Å². The Bertz CT molecular complexity index is 808. The summed E-state index contributed by atoms with van der Waals surface area (Å²) in [5.74, 6) is 2.94. The molecule has 0 aromatic heterocycles. The van der Waals surface area contributed by atoms with E-state index in [-0.39, 0.29) is 24.0 Å². The van der Waals surface area contributed by atoms with E-state index in [9.17, 15) is 0 Å². The molecule has 2 aromatic carbocycles. The van der Waals surface area contributed by atoms with Crippen LogP contribution in [0, 0.1) is 0 Å². The van der Waals surface area contributed by atoms with Gasteiger partial charge in [0.25, 0.3) is 0 Å². The largest absolute Gasteiger partial charge is 0.496 e. The summed E-state index contributed by atoms with van der Waals surface area (Å²) in [6.45, 7) is 3.11. The quantitative estimate of drug-likeness (QED) is 0.293. The van der Waals surface area contributed by atoms with Crippen molar-refractivity contribution in [1.82, 2.24) is 5.32 Å². The molecule has 9 heteroatoms. The molecule has 2 N–H and O–H groups in total. The molecule has 0 radical (unpaired) electrons. The molecule has 0 atom stereocenters. The topological polar surface area (TPSA) is 73.3 Å². The van der Waals surface area contributed by atoms with Gasteiger partial charge >= 0.3 is 0 Å². The van der Waals surface area contributed by atoms with Gasteiger partial charge in [0, 0.05) is 35.0 Å². The number of hydrogen-bond donors (Lipinski definition) is 2. The summed E-state index contributed by atoms with van der Waals surface area (Å²) in [6.07, 6.45) is 0. The zero-order chi connectivity index (χ0) is 20.5. The highest BCUT2D eigenvalue weighted by Crippen LogP contribution is 2.39. The highest BCUT2D eigenvalue weighted by molar-refractivity contribution is 14.0. The Hall–Kier alpha value is -2.07. The van der Waals surface area contributed by atoms with E-state index in [1.807, 2.05) is 31.2 Å². The summed E-state index contributed by atoms with van der Waals surface area (Å²) in [4.78, 5) is 4.63. The van der Waals surface area contributed by atoms with Crippen LogP contribution in [0.1, 0.15) is 12.5 Å². The standard InChI is InChI=1S/C20H26ClN3O4.HI/c1-6-22-20(23-12-13-7-8-14(21)9-16(13)25-2)24-15-10-17(26-3)19(28-5)18(11-15)27-4;/h7-11H,6,12H2,1-5H3,(H2,22,23,24);1H. The average Bonchev–Trinajstić information content (AvgIpc) is 2.71. The number of nitrogens with zero attached hydrogens (tertiary/aromatic N) is 1. The molecule has 2 rings (SSSR count). The predicted molar refractivity (Wildman–Crippen MR) is 128 cm³/mol. The Morgan fingerprint density at radius 1 is 0.931 bits per heavy atom. The number of guanidine groups is 1. The van der Waals surface area contributed by atoms with Crippen LogP contribution in [-0.4, -0.2) is 40.9 Å². The molecular formula is C20H27ClIN3O4. The highest BCUT2D eigenvalue weighted by atomic mass is 127. The van der Waals surface area contributed by atoms with Crippen molar-refractivity contribution in [2.75, 3.05) is 40.3 Å². The molecule has 0 aliphatic carbocycles. The van der Waals surface area contributed by atoms with Crippen molar-refractivity contribution in [3.63, 3.8) is 0 Å². The third-order valence-electron chi connectivity index (χ3n) is 3.93. The molecule has 7 nitrogen and oxygen atoms in total. The van der Waals surface area contributed by atoms with Gasteiger partial charge in [0.2, 0.25) is 5.75 Å². The molecule has 0 saturated carbocycles. The van der Waals surface area contributed by atoms with Crippen molar-refractivity contribution in [3.05, 3.63) is 40.9 Å². The lowest BCUT2D eigenvalue weighted by atomic mass is 10.2. The lowest BCUT2D eigenvalue weighted by molar-refractivity contribution is 0.324. The molecule has 0 aliphatic heterocycles. The number of nitrogens with one attached hydrogen (secondary N) is 2. The minimum Gasteiger partial charge on any atom is -0.496 e. The van der Waals surface area contributed by atoms with Crippen LogP contribution >= 0.6 is 35.6 Å². The number of anilines is 1. The van der Waals surface area contributed by atoms with Gasteiger partial charge in [-0.3, -0.25) is 0 Å². The van der Waals surface area contributed by atoms with E-state index < -0.39 is 0 Å².